The normalized spacial score (nSPS) is 10.6. The van der Waals surface area contributed by atoms with Crippen molar-refractivity contribution in [1.29, 1.82) is 0 Å². The fourth-order valence-corrected chi connectivity index (χ4v) is 1.50. The number of hydrogen-bond acceptors (Lipinski definition) is 5. The van der Waals surface area contributed by atoms with Gasteiger partial charge in [-0.25, -0.2) is 9.48 Å². The van der Waals surface area contributed by atoms with Gasteiger partial charge in [-0.15, -0.1) is 5.10 Å². The minimum Gasteiger partial charge on any atom is -0.465 e. The summed E-state index contributed by atoms with van der Waals surface area (Å²) in [5.74, 6) is -0.379. The second kappa shape index (κ2) is 4.28. The Hall–Kier alpha value is -1.95. The highest BCUT2D eigenvalue weighted by Crippen LogP contribution is 2.13. The quantitative estimate of drug-likeness (QED) is 0.746. The third-order valence-corrected chi connectivity index (χ3v) is 2.28. The molecule has 1 aromatic carbocycles. The van der Waals surface area contributed by atoms with E-state index in [2.05, 4.69) is 15.0 Å². The van der Waals surface area contributed by atoms with E-state index in [0.717, 1.165) is 5.52 Å². The number of methoxy groups -OCH3 is 1. The van der Waals surface area contributed by atoms with Crippen molar-refractivity contribution in [3.05, 3.63) is 23.8 Å². The molecule has 0 radical (unpaired) electrons. The predicted molar refractivity (Wildman–Crippen MR) is 57.9 cm³/mol. The Kier molecular flexibility index (Phi) is 2.82. The lowest BCUT2D eigenvalue weighted by molar-refractivity contribution is 0.0601. The highest BCUT2D eigenvalue weighted by Gasteiger charge is 2.09. The molecule has 1 heterocycles. The lowest BCUT2D eigenvalue weighted by Gasteiger charge is -2.00. The van der Waals surface area contributed by atoms with Crippen molar-refractivity contribution in [2.45, 2.75) is 6.54 Å². The van der Waals surface area contributed by atoms with Crippen LogP contribution in [0.25, 0.3) is 11.0 Å². The summed E-state index contributed by atoms with van der Waals surface area (Å²) in [5.41, 5.74) is 7.44. The first kappa shape index (κ1) is 10.6. The van der Waals surface area contributed by atoms with E-state index in [1.807, 2.05) is 0 Å². The second-order valence-corrected chi connectivity index (χ2v) is 3.30. The predicted octanol–water partition coefficient (Wildman–Crippen LogP) is 0.177. The van der Waals surface area contributed by atoms with Gasteiger partial charge in [0.15, 0.2) is 0 Å². The average molecular weight is 220 g/mol. The fraction of sp³-hybridized carbons (Fsp3) is 0.300. The number of rotatable bonds is 3. The van der Waals surface area contributed by atoms with Crippen LogP contribution in [0.1, 0.15) is 10.4 Å². The highest BCUT2D eigenvalue weighted by molar-refractivity contribution is 5.93. The average Bonchev–Trinajstić information content (AvgIpc) is 2.71. The standard InChI is InChI=1S/C10H12N4O2/c1-16-10(15)7-2-3-9-8(6-7)12-13-14(9)5-4-11/h2-3,6H,4-5,11H2,1H3. The number of ether oxygens (including phenoxy) is 1. The van der Waals surface area contributed by atoms with Gasteiger partial charge in [0.2, 0.25) is 0 Å². The molecule has 2 rings (SSSR count). The maximum atomic E-state index is 11.3. The molecule has 0 spiro atoms. The first-order valence-electron chi connectivity index (χ1n) is 4.88. The molecule has 0 atom stereocenters. The van der Waals surface area contributed by atoms with Gasteiger partial charge >= 0.3 is 5.97 Å². The van der Waals surface area contributed by atoms with Crippen LogP contribution in [-0.4, -0.2) is 34.6 Å². The molecule has 0 aliphatic carbocycles. The molecule has 0 aliphatic rings. The van der Waals surface area contributed by atoms with Crippen LogP contribution in [0.15, 0.2) is 18.2 Å². The summed E-state index contributed by atoms with van der Waals surface area (Å²) in [6.07, 6.45) is 0. The molecule has 6 nitrogen and oxygen atoms in total. The van der Waals surface area contributed by atoms with Crippen LogP contribution >= 0.6 is 0 Å². The molecule has 6 heteroatoms. The zero-order chi connectivity index (χ0) is 11.5. The number of carbonyl (C=O) groups excluding carboxylic acids is 1. The Bertz CT molecular complexity index is 521. The van der Waals surface area contributed by atoms with Crippen LogP contribution < -0.4 is 5.73 Å². The van der Waals surface area contributed by atoms with Gasteiger partial charge in [-0.1, -0.05) is 5.21 Å². The zero-order valence-electron chi connectivity index (χ0n) is 8.88. The molecule has 1 aromatic heterocycles. The second-order valence-electron chi connectivity index (χ2n) is 3.30. The van der Waals surface area contributed by atoms with Crippen LogP contribution in [0.3, 0.4) is 0 Å². The van der Waals surface area contributed by atoms with E-state index in [9.17, 15) is 4.79 Å². The first-order valence-corrected chi connectivity index (χ1v) is 4.88. The molecule has 0 unspecified atom stereocenters. The van der Waals surface area contributed by atoms with Crippen molar-refractivity contribution in [2.75, 3.05) is 13.7 Å². The van der Waals surface area contributed by atoms with E-state index in [-0.39, 0.29) is 5.97 Å². The molecule has 0 amide bonds. The van der Waals surface area contributed by atoms with Crippen molar-refractivity contribution < 1.29 is 9.53 Å². The fourth-order valence-electron chi connectivity index (χ4n) is 1.50. The van der Waals surface area contributed by atoms with Crippen LogP contribution in [0.4, 0.5) is 0 Å². The van der Waals surface area contributed by atoms with Crippen LogP contribution in [0.2, 0.25) is 0 Å². The summed E-state index contributed by atoms with van der Waals surface area (Å²) in [6.45, 7) is 1.10. The van der Waals surface area contributed by atoms with E-state index >= 15 is 0 Å². The van der Waals surface area contributed by atoms with Crippen molar-refractivity contribution in [2.24, 2.45) is 5.73 Å². The molecule has 0 bridgehead atoms. The van der Waals surface area contributed by atoms with Gasteiger partial charge in [-0.2, -0.15) is 0 Å². The minimum atomic E-state index is -0.379. The lowest BCUT2D eigenvalue weighted by Crippen LogP contribution is -2.11. The molecule has 2 aromatic rings. The van der Waals surface area contributed by atoms with E-state index < -0.39 is 0 Å². The highest BCUT2D eigenvalue weighted by atomic mass is 16.5. The summed E-state index contributed by atoms with van der Waals surface area (Å²) in [7, 11) is 1.35. The van der Waals surface area contributed by atoms with Gasteiger partial charge in [0.25, 0.3) is 0 Å². The smallest absolute Gasteiger partial charge is 0.337 e. The van der Waals surface area contributed by atoms with Gasteiger partial charge < -0.3 is 10.5 Å². The summed E-state index contributed by atoms with van der Waals surface area (Å²) >= 11 is 0. The van der Waals surface area contributed by atoms with Crippen molar-refractivity contribution in [1.82, 2.24) is 15.0 Å². The van der Waals surface area contributed by atoms with Crippen LogP contribution in [0.5, 0.6) is 0 Å². The van der Waals surface area contributed by atoms with Gasteiger partial charge in [-0.3, -0.25) is 0 Å². The molecule has 2 N–H and O–H groups in total. The van der Waals surface area contributed by atoms with E-state index in [4.69, 9.17) is 5.73 Å². The summed E-state index contributed by atoms with van der Waals surface area (Å²) < 4.78 is 6.33. The maximum Gasteiger partial charge on any atom is 0.337 e. The molecular formula is C10H12N4O2. The molecular weight excluding hydrogens is 208 g/mol. The topological polar surface area (TPSA) is 83.0 Å². The van der Waals surface area contributed by atoms with Crippen LogP contribution in [0, 0.1) is 0 Å². The molecule has 0 saturated heterocycles. The minimum absolute atomic E-state index is 0.379. The number of esters is 1. The van der Waals surface area contributed by atoms with Crippen molar-refractivity contribution in [3.8, 4) is 0 Å². The molecule has 0 fully saturated rings. The van der Waals surface area contributed by atoms with Gasteiger partial charge in [0, 0.05) is 6.54 Å². The largest absolute Gasteiger partial charge is 0.465 e. The monoisotopic (exact) mass is 220 g/mol. The number of aromatic nitrogens is 3. The van der Waals surface area contributed by atoms with Crippen molar-refractivity contribution in [3.63, 3.8) is 0 Å². The Morgan fingerprint density at radius 1 is 1.56 bits per heavy atom. The summed E-state index contributed by atoms with van der Waals surface area (Å²) in [5, 5.41) is 7.91. The Morgan fingerprint density at radius 3 is 3.06 bits per heavy atom. The number of nitrogens with zero attached hydrogens (tertiary/aromatic N) is 3. The van der Waals surface area contributed by atoms with Gasteiger partial charge in [-0.05, 0) is 18.2 Å². The zero-order valence-corrected chi connectivity index (χ0v) is 8.88. The molecule has 84 valence electrons. The van der Waals surface area contributed by atoms with Crippen molar-refractivity contribution >= 4 is 17.0 Å². The van der Waals surface area contributed by atoms with Gasteiger partial charge in [0.05, 0.1) is 24.7 Å². The van der Waals surface area contributed by atoms with E-state index in [0.29, 0.717) is 24.2 Å². The van der Waals surface area contributed by atoms with Crippen LogP contribution in [-0.2, 0) is 11.3 Å². The number of hydrogen-bond donors (Lipinski definition) is 1. The van der Waals surface area contributed by atoms with E-state index in [1.54, 1.807) is 22.9 Å². The SMILES string of the molecule is COC(=O)c1ccc2c(c1)nnn2CCN. The number of benzene rings is 1. The van der Waals surface area contributed by atoms with Gasteiger partial charge in [0.1, 0.15) is 5.52 Å². The first-order chi connectivity index (χ1) is 7.76. The number of fused-ring (bicyclic) bond motifs is 1. The summed E-state index contributed by atoms with van der Waals surface area (Å²) in [6, 6.07) is 5.13. The Morgan fingerprint density at radius 2 is 2.38 bits per heavy atom. The maximum absolute atomic E-state index is 11.3. The lowest BCUT2D eigenvalue weighted by atomic mass is 10.2. The molecule has 16 heavy (non-hydrogen) atoms. The molecule has 0 saturated carbocycles. The third-order valence-electron chi connectivity index (χ3n) is 2.28. The Balaban J connectivity index is 2.44. The molecule has 0 aliphatic heterocycles. The Labute approximate surface area is 92.0 Å². The third kappa shape index (κ3) is 1.74. The van der Waals surface area contributed by atoms with E-state index in [1.165, 1.54) is 7.11 Å². The number of nitrogens with two attached hydrogens (primary N) is 1. The number of carbonyl (C=O) groups is 1. The summed E-state index contributed by atoms with van der Waals surface area (Å²) in [4.78, 5) is 11.3.